The molecule has 1 aromatic carbocycles. The maximum atomic E-state index is 13.1. The van der Waals surface area contributed by atoms with Crippen LogP contribution in [0.2, 0.25) is 0 Å². The molecule has 1 heterocycles. The number of rotatable bonds is 9. The van der Waals surface area contributed by atoms with Crippen molar-refractivity contribution in [3.05, 3.63) is 72.3 Å². The minimum Gasteiger partial charge on any atom is -0.465 e. The Morgan fingerprint density at radius 2 is 2.08 bits per heavy atom. The number of hydrogen-bond acceptors (Lipinski definition) is 3. The summed E-state index contributed by atoms with van der Waals surface area (Å²) in [6, 6.07) is 10.1. The Balaban J connectivity index is 2.12. The summed E-state index contributed by atoms with van der Waals surface area (Å²) in [5.41, 5.74) is 2.09. The van der Waals surface area contributed by atoms with Crippen molar-refractivity contribution < 1.29 is 13.9 Å². The van der Waals surface area contributed by atoms with Crippen LogP contribution >= 0.6 is 0 Å². The fourth-order valence-electron chi connectivity index (χ4n) is 2.68. The van der Waals surface area contributed by atoms with Gasteiger partial charge in [0.25, 0.3) is 0 Å². The van der Waals surface area contributed by atoms with Gasteiger partial charge in [-0.05, 0) is 43.7 Å². The van der Waals surface area contributed by atoms with Gasteiger partial charge in [-0.3, -0.25) is 9.69 Å². The lowest BCUT2D eigenvalue weighted by molar-refractivity contribution is -0.148. The van der Waals surface area contributed by atoms with E-state index < -0.39 is 0 Å². The summed E-state index contributed by atoms with van der Waals surface area (Å²) in [5.74, 6) is -0.474. The largest absolute Gasteiger partial charge is 0.465 e. The van der Waals surface area contributed by atoms with E-state index in [0.29, 0.717) is 26.2 Å². The molecular weight excluding hydrogens is 319 g/mol. The first kappa shape index (κ1) is 18.9. The molecule has 0 radical (unpaired) electrons. The van der Waals surface area contributed by atoms with Crippen LogP contribution in [0.1, 0.15) is 25.1 Å². The molecule has 0 N–H and O–H groups in total. The monoisotopic (exact) mass is 344 g/mol. The van der Waals surface area contributed by atoms with Crippen LogP contribution in [0.15, 0.2) is 55.3 Å². The molecule has 0 unspecified atom stereocenters. The Morgan fingerprint density at radius 3 is 2.72 bits per heavy atom. The topological polar surface area (TPSA) is 34.5 Å². The number of ether oxygens (including phenoxy) is 1. The van der Waals surface area contributed by atoms with Crippen LogP contribution in [0.25, 0.3) is 0 Å². The first-order valence-corrected chi connectivity index (χ1v) is 8.45. The molecular formula is C20H25FN2O2. The fraction of sp³-hybridized carbons (Fsp3) is 0.350. The third-order valence-electron chi connectivity index (χ3n) is 4.09. The van der Waals surface area contributed by atoms with Crippen LogP contribution in [0, 0.1) is 5.82 Å². The van der Waals surface area contributed by atoms with Crippen molar-refractivity contribution in [3.8, 4) is 0 Å². The summed E-state index contributed by atoms with van der Waals surface area (Å²) in [6.07, 6.45) is 3.77. The number of hydrogen-bond donors (Lipinski definition) is 0. The molecule has 0 aliphatic carbocycles. The van der Waals surface area contributed by atoms with Gasteiger partial charge in [-0.2, -0.15) is 0 Å². The normalized spacial score (nSPS) is 12.2. The van der Waals surface area contributed by atoms with Gasteiger partial charge in [0.1, 0.15) is 11.9 Å². The van der Waals surface area contributed by atoms with Gasteiger partial charge in [0.2, 0.25) is 0 Å². The highest BCUT2D eigenvalue weighted by atomic mass is 19.1. The van der Waals surface area contributed by atoms with Gasteiger partial charge < -0.3 is 9.30 Å². The number of carbonyl (C=O) groups excluding carboxylic acids is 1. The second-order valence-electron chi connectivity index (χ2n) is 5.90. The van der Waals surface area contributed by atoms with Gasteiger partial charge in [0.05, 0.1) is 6.61 Å². The van der Waals surface area contributed by atoms with Crippen molar-refractivity contribution in [3.63, 3.8) is 0 Å². The fourth-order valence-corrected chi connectivity index (χ4v) is 2.68. The molecule has 0 aliphatic heterocycles. The molecule has 0 aliphatic rings. The predicted octanol–water partition coefficient (Wildman–Crippen LogP) is 3.62. The lowest BCUT2D eigenvalue weighted by atomic mass is 10.2. The number of halogens is 1. The highest BCUT2D eigenvalue weighted by Crippen LogP contribution is 2.14. The van der Waals surface area contributed by atoms with Gasteiger partial charge in [0.15, 0.2) is 0 Å². The van der Waals surface area contributed by atoms with Gasteiger partial charge in [-0.1, -0.05) is 18.2 Å². The minimum absolute atomic E-state index is 0.235. The van der Waals surface area contributed by atoms with Gasteiger partial charge in [-0.15, -0.1) is 6.58 Å². The van der Waals surface area contributed by atoms with Crippen LogP contribution < -0.4 is 0 Å². The molecule has 1 aromatic heterocycles. The highest BCUT2D eigenvalue weighted by molar-refractivity contribution is 5.75. The highest BCUT2D eigenvalue weighted by Gasteiger charge is 2.22. The summed E-state index contributed by atoms with van der Waals surface area (Å²) in [6.45, 7) is 9.62. The summed E-state index contributed by atoms with van der Waals surface area (Å²) >= 11 is 0. The van der Waals surface area contributed by atoms with Crippen LogP contribution in [-0.2, 0) is 22.6 Å². The van der Waals surface area contributed by atoms with Crippen LogP contribution in [0.5, 0.6) is 0 Å². The number of esters is 1. The summed E-state index contributed by atoms with van der Waals surface area (Å²) in [4.78, 5) is 14.1. The smallest absolute Gasteiger partial charge is 0.323 e. The number of benzene rings is 1. The Morgan fingerprint density at radius 1 is 1.36 bits per heavy atom. The second-order valence-corrected chi connectivity index (χ2v) is 5.90. The van der Waals surface area contributed by atoms with E-state index in [1.165, 1.54) is 12.1 Å². The molecule has 2 aromatic rings. The summed E-state index contributed by atoms with van der Waals surface area (Å²) in [5, 5.41) is 0. The first-order chi connectivity index (χ1) is 12.0. The molecule has 0 amide bonds. The average molecular weight is 344 g/mol. The molecule has 0 fully saturated rings. The number of aromatic nitrogens is 1. The van der Waals surface area contributed by atoms with E-state index in [4.69, 9.17) is 4.74 Å². The van der Waals surface area contributed by atoms with Crippen molar-refractivity contribution in [1.82, 2.24) is 9.47 Å². The van der Waals surface area contributed by atoms with Crippen LogP contribution in [-0.4, -0.2) is 34.6 Å². The van der Waals surface area contributed by atoms with E-state index in [1.54, 1.807) is 25.1 Å². The summed E-state index contributed by atoms with van der Waals surface area (Å²) in [7, 11) is 0. The lowest BCUT2D eigenvalue weighted by Gasteiger charge is -2.27. The zero-order chi connectivity index (χ0) is 18.2. The molecule has 0 saturated carbocycles. The van der Waals surface area contributed by atoms with Crippen LogP contribution in [0.3, 0.4) is 0 Å². The SMILES string of the molecule is C=CCN(Cc1cccn1Cc1ccc(F)cc1)[C@@H](C)C(=O)OCC. The Kier molecular flexibility index (Phi) is 6.95. The van der Waals surface area contributed by atoms with Gasteiger partial charge in [0, 0.05) is 31.5 Å². The molecule has 2 rings (SSSR count). The average Bonchev–Trinajstić information content (AvgIpc) is 3.03. The van der Waals surface area contributed by atoms with Crippen molar-refractivity contribution in [2.75, 3.05) is 13.2 Å². The van der Waals surface area contributed by atoms with E-state index in [9.17, 15) is 9.18 Å². The zero-order valence-electron chi connectivity index (χ0n) is 14.8. The lowest BCUT2D eigenvalue weighted by Crippen LogP contribution is -2.40. The van der Waals surface area contributed by atoms with E-state index in [1.807, 2.05) is 30.2 Å². The van der Waals surface area contributed by atoms with Crippen molar-refractivity contribution in [2.24, 2.45) is 0 Å². The zero-order valence-corrected chi connectivity index (χ0v) is 14.8. The first-order valence-electron chi connectivity index (χ1n) is 8.45. The molecule has 134 valence electrons. The van der Waals surface area contributed by atoms with E-state index in [2.05, 4.69) is 11.1 Å². The predicted molar refractivity (Wildman–Crippen MR) is 96.6 cm³/mol. The van der Waals surface area contributed by atoms with Gasteiger partial charge >= 0.3 is 5.97 Å². The molecule has 0 spiro atoms. The van der Waals surface area contributed by atoms with Gasteiger partial charge in [-0.25, -0.2) is 4.39 Å². The maximum Gasteiger partial charge on any atom is 0.323 e. The van der Waals surface area contributed by atoms with E-state index >= 15 is 0 Å². The third kappa shape index (κ3) is 5.29. The molecule has 0 saturated heterocycles. The Labute approximate surface area is 148 Å². The number of nitrogens with zero attached hydrogens (tertiary/aromatic N) is 2. The van der Waals surface area contributed by atoms with E-state index in [-0.39, 0.29) is 17.8 Å². The molecule has 4 nitrogen and oxygen atoms in total. The summed E-state index contributed by atoms with van der Waals surface area (Å²) < 4.78 is 20.3. The van der Waals surface area contributed by atoms with Crippen molar-refractivity contribution in [1.29, 1.82) is 0 Å². The van der Waals surface area contributed by atoms with Crippen molar-refractivity contribution >= 4 is 5.97 Å². The third-order valence-corrected chi connectivity index (χ3v) is 4.09. The molecule has 25 heavy (non-hydrogen) atoms. The molecule has 0 bridgehead atoms. The van der Waals surface area contributed by atoms with Crippen LogP contribution in [0.4, 0.5) is 4.39 Å². The quantitative estimate of drug-likeness (QED) is 0.515. The molecule has 1 atom stereocenters. The maximum absolute atomic E-state index is 13.1. The Hall–Kier alpha value is -2.40. The standard InChI is InChI=1S/C20H25FN2O2/c1-4-12-22(16(3)20(24)25-5-2)15-19-7-6-13-23(19)14-17-8-10-18(21)11-9-17/h4,6-11,13,16H,1,5,12,14-15H2,2-3H3/t16-/m0/s1. The van der Waals surface area contributed by atoms with Crippen molar-refractivity contribution in [2.45, 2.75) is 33.0 Å². The Bertz CT molecular complexity index is 694. The molecule has 5 heteroatoms. The number of carbonyl (C=O) groups is 1. The van der Waals surface area contributed by atoms with E-state index in [0.717, 1.165) is 11.3 Å². The minimum atomic E-state index is -0.355. The second kappa shape index (κ2) is 9.18.